The Morgan fingerprint density at radius 3 is 2.41 bits per heavy atom. The van der Waals surface area contributed by atoms with Crippen LogP contribution in [0.1, 0.15) is 52.0 Å². The summed E-state index contributed by atoms with van der Waals surface area (Å²) in [7, 11) is 0. The fourth-order valence-corrected chi connectivity index (χ4v) is 4.24. The van der Waals surface area contributed by atoms with Crippen molar-refractivity contribution in [2.45, 2.75) is 51.9 Å². The first-order chi connectivity index (χ1) is 13.7. The number of guanidine groups is 1. The molecule has 1 N–H and O–H groups in total. The van der Waals surface area contributed by atoms with Crippen LogP contribution in [-0.4, -0.2) is 56.9 Å². The summed E-state index contributed by atoms with van der Waals surface area (Å²) in [6, 6.07) is 8.64. The predicted octanol–water partition coefficient (Wildman–Crippen LogP) is 4.45. The summed E-state index contributed by atoms with van der Waals surface area (Å²) in [6.07, 6.45) is 4.53. The van der Waals surface area contributed by atoms with Gasteiger partial charge in [-0.15, -0.1) is 24.0 Å². The largest absolute Gasteiger partial charge is 0.494 e. The van der Waals surface area contributed by atoms with Crippen LogP contribution >= 0.6 is 24.0 Å². The van der Waals surface area contributed by atoms with Gasteiger partial charge in [0.15, 0.2) is 5.96 Å². The summed E-state index contributed by atoms with van der Waals surface area (Å²) in [5.41, 5.74) is 1.40. The molecule has 0 unspecified atom stereocenters. The van der Waals surface area contributed by atoms with Crippen molar-refractivity contribution >= 4 is 29.9 Å². The van der Waals surface area contributed by atoms with E-state index in [2.05, 4.69) is 48.3 Å². The Balaban J connectivity index is 0.00000300. The van der Waals surface area contributed by atoms with Gasteiger partial charge in [-0.25, -0.2) is 0 Å². The molecule has 5 nitrogen and oxygen atoms in total. The number of rotatable bonds is 6. The molecule has 0 bridgehead atoms. The van der Waals surface area contributed by atoms with E-state index in [4.69, 9.17) is 14.5 Å². The van der Waals surface area contributed by atoms with Crippen LogP contribution in [0.3, 0.4) is 0 Å². The maximum absolute atomic E-state index is 5.69. The van der Waals surface area contributed by atoms with Crippen LogP contribution in [-0.2, 0) is 10.2 Å². The second kappa shape index (κ2) is 12.0. The Kier molecular flexibility index (Phi) is 10.0. The number of likely N-dealkylation sites (tertiary alicyclic amines) is 1. The number of piperidine rings is 1. The average Bonchev–Trinajstić information content (AvgIpc) is 2.73. The highest BCUT2D eigenvalue weighted by molar-refractivity contribution is 14.0. The van der Waals surface area contributed by atoms with E-state index in [-0.39, 0.29) is 29.4 Å². The third kappa shape index (κ3) is 6.48. The average molecular weight is 515 g/mol. The van der Waals surface area contributed by atoms with Crippen LogP contribution in [0.25, 0.3) is 0 Å². The Labute approximate surface area is 193 Å². The van der Waals surface area contributed by atoms with Gasteiger partial charge in [-0.2, -0.15) is 0 Å². The summed E-state index contributed by atoms with van der Waals surface area (Å²) in [5.74, 6) is 2.84. The van der Waals surface area contributed by atoms with Gasteiger partial charge >= 0.3 is 0 Å². The van der Waals surface area contributed by atoms with Crippen molar-refractivity contribution in [3.8, 4) is 5.75 Å². The Bertz CT molecular complexity index is 622. The van der Waals surface area contributed by atoms with Gasteiger partial charge in [-0.05, 0) is 63.1 Å². The topological polar surface area (TPSA) is 46.1 Å². The van der Waals surface area contributed by atoms with E-state index in [1.807, 2.05) is 6.92 Å². The van der Waals surface area contributed by atoms with Crippen molar-refractivity contribution in [2.75, 3.05) is 46.0 Å². The van der Waals surface area contributed by atoms with Gasteiger partial charge in [0.2, 0.25) is 0 Å². The fraction of sp³-hybridized carbons (Fsp3) is 0.696. The van der Waals surface area contributed by atoms with Crippen molar-refractivity contribution in [1.29, 1.82) is 0 Å². The van der Waals surface area contributed by atoms with Crippen LogP contribution in [0.5, 0.6) is 5.75 Å². The molecule has 0 radical (unpaired) electrons. The van der Waals surface area contributed by atoms with Crippen LogP contribution in [0.4, 0.5) is 0 Å². The molecule has 2 fully saturated rings. The minimum absolute atomic E-state index is 0. The maximum atomic E-state index is 5.69. The van der Waals surface area contributed by atoms with Gasteiger partial charge in [0.25, 0.3) is 0 Å². The van der Waals surface area contributed by atoms with E-state index in [1.54, 1.807) is 0 Å². The molecule has 0 aromatic heterocycles. The zero-order chi connectivity index (χ0) is 19.8. The first-order valence-corrected chi connectivity index (χ1v) is 11.0. The highest BCUT2D eigenvalue weighted by Gasteiger charge is 2.35. The zero-order valence-corrected chi connectivity index (χ0v) is 20.6. The second-order valence-electron chi connectivity index (χ2n) is 8.19. The first-order valence-electron chi connectivity index (χ1n) is 11.0. The summed E-state index contributed by atoms with van der Waals surface area (Å²) in [6.45, 7) is 12.8. The first kappa shape index (κ1) is 24.3. The minimum atomic E-state index is 0. The van der Waals surface area contributed by atoms with E-state index < -0.39 is 0 Å². The van der Waals surface area contributed by atoms with Gasteiger partial charge in [0.1, 0.15) is 5.75 Å². The number of hydrogen-bond donors (Lipinski definition) is 1. The maximum Gasteiger partial charge on any atom is 0.193 e. The molecule has 0 atom stereocenters. The van der Waals surface area contributed by atoms with E-state index in [0.717, 1.165) is 69.9 Å². The van der Waals surface area contributed by atoms with Gasteiger partial charge in [0.05, 0.1) is 13.2 Å². The molecule has 2 saturated heterocycles. The molecule has 3 rings (SSSR count). The molecule has 0 aliphatic carbocycles. The standard InChI is InChI=1S/C23H37N3O2.HI/c1-4-24-22(26-14-10-19(3)11-15-26)25-18-23(12-16-27-17-13-23)20-6-8-21(9-7-20)28-5-2;/h6-9,19H,4-5,10-18H2,1-3H3,(H,24,25);1H. The molecule has 2 aliphatic rings. The second-order valence-corrected chi connectivity index (χ2v) is 8.19. The van der Waals surface area contributed by atoms with Crippen LogP contribution < -0.4 is 10.1 Å². The predicted molar refractivity (Wildman–Crippen MR) is 131 cm³/mol. The Hall–Kier alpha value is -1.02. The highest BCUT2D eigenvalue weighted by atomic mass is 127. The van der Waals surface area contributed by atoms with Crippen molar-refractivity contribution in [2.24, 2.45) is 10.9 Å². The summed E-state index contributed by atoms with van der Waals surface area (Å²) in [5, 5.41) is 3.53. The minimum Gasteiger partial charge on any atom is -0.494 e. The smallest absolute Gasteiger partial charge is 0.193 e. The lowest BCUT2D eigenvalue weighted by Crippen LogP contribution is -2.46. The SMILES string of the molecule is CCNC(=NCC1(c2ccc(OCC)cc2)CCOCC1)N1CCC(C)CC1.I. The molecule has 164 valence electrons. The molecular weight excluding hydrogens is 477 g/mol. The Morgan fingerprint density at radius 1 is 1.17 bits per heavy atom. The molecule has 2 aliphatic heterocycles. The van der Waals surface area contributed by atoms with Gasteiger partial charge in [0, 0.05) is 38.3 Å². The number of nitrogens with zero attached hydrogens (tertiary/aromatic N) is 2. The van der Waals surface area contributed by atoms with Crippen LogP contribution in [0.15, 0.2) is 29.3 Å². The molecule has 6 heteroatoms. The molecule has 0 saturated carbocycles. The highest BCUT2D eigenvalue weighted by Crippen LogP contribution is 2.36. The van der Waals surface area contributed by atoms with Crippen molar-refractivity contribution in [3.05, 3.63) is 29.8 Å². The number of nitrogens with one attached hydrogen (secondary N) is 1. The van der Waals surface area contributed by atoms with Crippen molar-refractivity contribution < 1.29 is 9.47 Å². The number of hydrogen-bond acceptors (Lipinski definition) is 3. The zero-order valence-electron chi connectivity index (χ0n) is 18.3. The van der Waals surface area contributed by atoms with Gasteiger partial charge < -0.3 is 19.7 Å². The van der Waals surface area contributed by atoms with E-state index in [9.17, 15) is 0 Å². The normalized spacial score (nSPS) is 20.1. The third-order valence-electron chi connectivity index (χ3n) is 6.18. The summed E-state index contributed by atoms with van der Waals surface area (Å²) >= 11 is 0. The molecule has 29 heavy (non-hydrogen) atoms. The van der Waals surface area contributed by atoms with E-state index in [1.165, 1.54) is 18.4 Å². The lowest BCUT2D eigenvalue weighted by Gasteiger charge is -2.38. The molecule has 0 amide bonds. The molecule has 0 spiro atoms. The molecule has 1 aromatic rings. The van der Waals surface area contributed by atoms with Crippen LogP contribution in [0.2, 0.25) is 0 Å². The molecule has 1 aromatic carbocycles. The summed E-state index contributed by atoms with van der Waals surface area (Å²) < 4.78 is 11.3. The third-order valence-corrected chi connectivity index (χ3v) is 6.18. The molecule has 2 heterocycles. The summed E-state index contributed by atoms with van der Waals surface area (Å²) in [4.78, 5) is 7.58. The van der Waals surface area contributed by atoms with Gasteiger partial charge in [-0.3, -0.25) is 4.99 Å². The van der Waals surface area contributed by atoms with Crippen molar-refractivity contribution in [3.63, 3.8) is 0 Å². The van der Waals surface area contributed by atoms with Gasteiger partial charge in [-0.1, -0.05) is 19.1 Å². The number of benzene rings is 1. The van der Waals surface area contributed by atoms with E-state index in [0.29, 0.717) is 6.61 Å². The van der Waals surface area contributed by atoms with E-state index >= 15 is 0 Å². The number of ether oxygens (including phenoxy) is 2. The van der Waals surface area contributed by atoms with Crippen LogP contribution in [0, 0.1) is 5.92 Å². The monoisotopic (exact) mass is 515 g/mol. The fourth-order valence-electron chi connectivity index (χ4n) is 4.24. The molecular formula is C23H38IN3O2. The lowest BCUT2D eigenvalue weighted by atomic mass is 9.74. The lowest BCUT2D eigenvalue weighted by molar-refractivity contribution is 0.0529. The number of aliphatic imine (C=N–C) groups is 1. The number of halogens is 1. The van der Waals surface area contributed by atoms with Crippen molar-refractivity contribution in [1.82, 2.24) is 10.2 Å². The quantitative estimate of drug-likeness (QED) is 0.346. The Morgan fingerprint density at radius 2 is 1.83 bits per heavy atom.